The van der Waals surface area contributed by atoms with Crippen LogP contribution in [-0.2, 0) is 6.54 Å². The van der Waals surface area contributed by atoms with Crippen LogP contribution in [0.15, 0.2) is 72.8 Å². The summed E-state index contributed by atoms with van der Waals surface area (Å²) >= 11 is 0. The van der Waals surface area contributed by atoms with Crippen LogP contribution < -0.4 is 15.8 Å². The molecule has 1 unspecified atom stereocenters. The minimum atomic E-state index is -0.490. The first-order valence-corrected chi connectivity index (χ1v) is 10.4. The predicted molar refractivity (Wildman–Crippen MR) is 123 cm³/mol. The fourth-order valence-electron chi connectivity index (χ4n) is 3.60. The lowest BCUT2D eigenvalue weighted by molar-refractivity contribution is 0.0936. The van der Waals surface area contributed by atoms with Crippen LogP contribution in [0, 0.1) is 0 Å². The highest BCUT2D eigenvalue weighted by Crippen LogP contribution is 2.23. The first-order valence-electron chi connectivity index (χ1n) is 10.4. The van der Waals surface area contributed by atoms with Crippen molar-refractivity contribution in [3.63, 3.8) is 0 Å². The Kier molecular flexibility index (Phi) is 5.89. The van der Waals surface area contributed by atoms with E-state index in [9.17, 15) is 9.59 Å². The lowest BCUT2D eigenvalue weighted by atomic mass is 10.2. The molecule has 0 bridgehead atoms. The van der Waals surface area contributed by atoms with E-state index in [0.717, 1.165) is 23.4 Å². The number of para-hydroxylation sites is 2. The molecule has 7 nitrogen and oxygen atoms in total. The molecule has 1 aromatic heterocycles. The molecule has 1 atom stereocenters. The maximum atomic E-state index is 12.8. The van der Waals surface area contributed by atoms with Crippen LogP contribution in [-0.4, -0.2) is 21.4 Å². The number of carbonyl (C=O) groups is 2. The number of aromatic nitrogens is 2. The second-order valence-electron chi connectivity index (χ2n) is 7.41. The molecule has 0 saturated carbocycles. The molecule has 4 rings (SSSR count). The number of hydrogen-bond acceptors (Lipinski definition) is 4. The van der Waals surface area contributed by atoms with Crippen LogP contribution in [0.4, 0.5) is 0 Å². The van der Waals surface area contributed by atoms with E-state index in [4.69, 9.17) is 15.5 Å². The number of carbonyl (C=O) groups excluding carboxylic acids is 2. The van der Waals surface area contributed by atoms with Gasteiger partial charge < -0.3 is 20.4 Å². The summed E-state index contributed by atoms with van der Waals surface area (Å²) in [6.45, 7) is 4.76. The summed E-state index contributed by atoms with van der Waals surface area (Å²) in [7, 11) is 0. The lowest BCUT2D eigenvalue weighted by Gasteiger charge is -2.15. The SMILES string of the molecule is CCn1c(C(C)NC(=O)c2ccc(Oc3ccc(C(N)=O)cc3)cc2)nc2ccccc21. The maximum absolute atomic E-state index is 12.8. The van der Waals surface area contributed by atoms with Gasteiger partial charge in [0.25, 0.3) is 5.91 Å². The summed E-state index contributed by atoms with van der Waals surface area (Å²) in [6.07, 6.45) is 0. The highest BCUT2D eigenvalue weighted by Gasteiger charge is 2.18. The zero-order valence-electron chi connectivity index (χ0n) is 17.9. The van der Waals surface area contributed by atoms with Crippen LogP contribution in [0.2, 0.25) is 0 Å². The Morgan fingerprint density at radius 2 is 1.56 bits per heavy atom. The third kappa shape index (κ3) is 4.32. The Balaban J connectivity index is 1.44. The van der Waals surface area contributed by atoms with E-state index in [2.05, 4.69) is 16.8 Å². The number of imidazole rings is 1. The molecule has 2 amide bonds. The molecule has 0 saturated heterocycles. The first kappa shape index (κ1) is 21.1. The summed E-state index contributed by atoms with van der Waals surface area (Å²) in [5.74, 6) is 1.29. The van der Waals surface area contributed by atoms with Gasteiger partial charge in [-0.25, -0.2) is 4.98 Å². The van der Waals surface area contributed by atoms with Gasteiger partial charge in [0.1, 0.15) is 17.3 Å². The second kappa shape index (κ2) is 8.93. The van der Waals surface area contributed by atoms with Gasteiger partial charge in [0.2, 0.25) is 5.91 Å². The van der Waals surface area contributed by atoms with Crippen LogP contribution in [0.3, 0.4) is 0 Å². The molecule has 3 N–H and O–H groups in total. The number of rotatable bonds is 7. The molecule has 0 aliphatic carbocycles. The largest absolute Gasteiger partial charge is 0.457 e. The first-order chi connectivity index (χ1) is 15.5. The number of nitrogens with two attached hydrogens (primary N) is 1. The molecule has 0 spiro atoms. The number of hydrogen-bond donors (Lipinski definition) is 2. The molecule has 32 heavy (non-hydrogen) atoms. The van der Waals surface area contributed by atoms with Gasteiger partial charge >= 0.3 is 0 Å². The molecule has 3 aromatic carbocycles. The zero-order valence-corrected chi connectivity index (χ0v) is 17.9. The predicted octanol–water partition coefficient (Wildman–Crippen LogP) is 4.44. The summed E-state index contributed by atoms with van der Waals surface area (Å²) in [5, 5.41) is 3.03. The Morgan fingerprint density at radius 3 is 2.16 bits per heavy atom. The summed E-state index contributed by atoms with van der Waals surface area (Å²) in [6, 6.07) is 21.1. The standard InChI is InChI=1S/C25H24N4O3/c1-3-29-22-7-5-4-6-21(22)28-24(29)16(2)27-25(31)18-10-14-20(15-11-18)32-19-12-8-17(9-13-19)23(26)30/h4-16H,3H2,1-2H3,(H2,26,30)(H,27,31). The van der Waals surface area contributed by atoms with Crippen molar-refractivity contribution in [1.82, 2.24) is 14.9 Å². The van der Waals surface area contributed by atoms with Crippen LogP contribution in [0.5, 0.6) is 11.5 Å². The number of amides is 2. The number of primary amides is 1. The Hall–Kier alpha value is -4.13. The third-order valence-corrected chi connectivity index (χ3v) is 5.23. The molecule has 0 radical (unpaired) electrons. The van der Waals surface area contributed by atoms with Crippen molar-refractivity contribution in [3.8, 4) is 11.5 Å². The van der Waals surface area contributed by atoms with Gasteiger partial charge in [-0.1, -0.05) is 12.1 Å². The number of nitrogens with one attached hydrogen (secondary N) is 1. The Morgan fingerprint density at radius 1 is 0.969 bits per heavy atom. The second-order valence-corrected chi connectivity index (χ2v) is 7.41. The van der Waals surface area contributed by atoms with Crippen LogP contribution >= 0.6 is 0 Å². The van der Waals surface area contributed by atoms with Crippen molar-refractivity contribution >= 4 is 22.8 Å². The summed E-state index contributed by atoms with van der Waals surface area (Å²) in [5.41, 5.74) is 8.14. The fraction of sp³-hybridized carbons (Fsp3) is 0.160. The zero-order chi connectivity index (χ0) is 22.7. The van der Waals surface area contributed by atoms with Gasteiger partial charge in [0.05, 0.1) is 17.1 Å². The minimum absolute atomic E-state index is 0.190. The molecular formula is C25H24N4O3. The fourth-order valence-corrected chi connectivity index (χ4v) is 3.60. The van der Waals surface area contributed by atoms with Crippen molar-refractivity contribution in [2.75, 3.05) is 0 Å². The Labute approximate surface area is 185 Å². The number of nitrogens with zero attached hydrogens (tertiary/aromatic N) is 2. The molecule has 4 aromatic rings. The van der Waals surface area contributed by atoms with E-state index in [-0.39, 0.29) is 11.9 Å². The molecule has 162 valence electrons. The molecule has 7 heteroatoms. The van der Waals surface area contributed by atoms with Crippen molar-refractivity contribution in [1.29, 1.82) is 0 Å². The van der Waals surface area contributed by atoms with Crippen molar-refractivity contribution in [2.24, 2.45) is 5.73 Å². The van der Waals surface area contributed by atoms with E-state index in [1.807, 2.05) is 31.2 Å². The van der Waals surface area contributed by atoms with Gasteiger partial charge in [0.15, 0.2) is 0 Å². The van der Waals surface area contributed by atoms with E-state index in [1.165, 1.54) is 0 Å². The topological polar surface area (TPSA) is 99.2 Å². The summed E-state index contributed by atoms with van der Waals surface area (Å²) in [4.78, 5) is 28.6. The molecular weight excluding hydrogens is 404 g/mol. The van der Waals surface area contributed by atoms with Gasteiger partial charge in [-0.05, 0) is 74.5 Å². The molecule has 1 heterocycles. The van der Waals surface area contributed by atoms with Gasteiger partial charge in [-0.15, -0.1) is 0 Å². The van der Waals surface area contributed by atoms with Gasteiger partial charge in [0, 0.05) is 17.7 Å². The third-order valence-electron chi connectivity index (χ3n) is 5.23. The average molecular weight is 428 g/mol. The molecule has 0 fully saturated rings. The van der Waals surface area contributed by atoms with Crippen molar-refractivity contribution in [2.45, 2.75) is 26.4 Å². The monoisotopic (exact) mass is 428 g/mol. The van der Waals surface area contributed by atoms with Gasteiger partial charge in [-0.2, -0.15) is 0 Å². The molecule has 0 aliphatic rings. The maximum Gasteiger partial charge on any atom is 0.251 e. The number of fused-ring (bicyclic) bond motifs is 1. The van der Waals surface area contributed by atoms with Gasteiger partial charge in [-0.3, -0.25) is 9.59 Å². The van der Waals surface area contributed by atoms with E-state index in [1.54, 1.807) is 48.5 Å². The number of ether oxygens (including phenoxy) is 1. The number of aryl methyl sites for hydroxylation is 1. The van der Waals surface area contributed by atoms with E-state index in [0.29, 0.717) is 22.6 Å². The van der Waals surface area contributed by atoms with Crippen LogP contribution in [0.1, 0.15) is 46.4 Å². The highest BCUT2D eigenvalue weighted by atomic mass is 16.5. The lowest BCUT2D eigenvalue weighted by Crippen LogP contribution is -2.28. The Bertz CT molecular complexity index is 1260. The summed E-state index contributed by atoms with van der Waals surface area (Å²) < 4.78 is 7.88. The van der Waals surface area contributed by atoms with E-state index < -0.39 is 5.91 Å². The highest BCUT2D eigenvalue weighted by molar-refractivity contribution is 5.94. The van der Waals surface area contributed by atoms with Crippen molar-refractivity contribution < 1.29 is 14.3 Å². The molecule has 0 aliphatic heterocycles. The minimum Gasteiger partial charge on any atom is -0.457 e. The smallest absolute Gasteiger partial charge is 0.251 e. The average Bonchev–Trinajstić information content (AvgIpc) is 3.19. The van der Waals surface area contributed by atoms with E-state index >= 15 is 0 Å². The number of benzene rings is 3. The van der Waals surface area contributed by atoms with Crippen molar-refractivity contribution in [3.05, 3.63) is 89.7 Å². The van der Waals surface area contributed by atoms with Crippen LogP contribution in [0.25, 0.3) is 11.0 Å². The normalized spacial score (nSPS) is 11.8. The quantitative estimate of drug-likeness (QED) is 0.455.